The highest BCUT2D eigenvalue weighted by atomic mass is 16.3. The first-order chi connectivity index (χ1) is 4.67. The number of aliphatic hydroxyl groups is 1. The molecule has 0 aliphatic carbocycles. The smallest absolute Gasteiger partial charge is 0.0949 e. The van der Waals surface area contributed by atoms with Gasteiger partial charge in [0.05, 0.1) is 5.60 Å². The van der Waals surface area contributed by atoms with Crippen molar-refractivity contribution in [2.24, 2.45) is 0 Å². The summed E-state index contributed by atoms with van der Waals surface area (Å²) < 4.78 is 0. The van der Waals surface area contributed by atoms with Crippen LogP contribution < -0.4 is 5.32 Å². The maximum absolute atomic E-state index is 9.64. The lowest BCUT2D eigenvalue weighted by Gasteiger charge is -2.26. The summed E-state index contributed by atoms with van der Waals surface area (Å²) in [7, 11) is 0. The van der Waals surface area contributed by atoms with E-state index in [-0.39, 0.29) is 6.04 Å². The van der Waals surface area contributed by atoms with Crippen LogP contribution in [0, 0.1) is 0 Å². The van der Waals surface area contributed by atoms with Crippen LogP contribution in [0.2, 0.25) is 0 Å². The average molecular weight is 141 g/mol. The van der Waals surface area contributed by atoms with E-state index in [1.165, 1.54) is 0 Å². The fourth-order valence-corrected chi connectivity index (χ4v) is 1.33. The van der Waals surface area contributed by atoms with Gasteiger partial charge in [-0.2, -0.15) is 0 Å². The number of rotatable bonds is 2. The van der Waals surface area contributed by atoms with E-state index in [1.54, 1.807) is 13.0 Å². The van der Waals surface area contributed by atoms with Gasteiger partial charge in [-0.05, 0) is 26.3 Å². The highest BCUT2D eigenvalue weighted by Crippen LogP contribution is 2.19. The van der Waals surface area contributed by atoms with E-state index in [0.29, 0.717) is 0 Å². The minimum Gasteiger partial charge on any atom is -0.384 e. The SMILES string of the molecule is C=C[C@@](C)(O)[C@@H]1CCCN1. The fraction of sp³-hybridized carbons (Fsp3) is 0.750. The minimum atomic E-state index is -0.726. The predicted octanol–water partition coefficient (Wildman–Crippen LogP) is 0.675. The molecule has 1 heterocycles. The minimum absolute atomic E-state index is 0.213. The molecule has 1 aliphatic heterocycles. The Labute approximate surface area is 61.9 Å². The lowest BCUT2D eigenvalue weighted by atomic mass is 9.96. The maximum atomic E-state index is 9.64. The van der Waals surface area contributed by atoms with Gasteiger partial charge in [-0.1, -0.05) is 6.08 Å². The summed E-state index contributed by atoms with van der Waals surface area (Å²) in [5.41, 5.74) is -0.726. The van der Waals surface area contributed by atoms with Gasteiger partial charge in [0.25, 0.3) is 0 Å². The van der Waals surface area contributed by atoms with Crippen molar-refractivity contribution in [1.82, 2.24) is 5.32 Å². The van der Waals surface area contributed by atoms with E-state index >= 15 is 0 Å². The maximum Gasteiger partial charge on any atom is 0.0949 e. The first-order valence-corrected chi connectivity index (χ1v) is 3.76. The van der Waals surface area contributed by atoms with Crippen LogP contribution in [0.15, 0.2) is 12.7 Å². The zero-order chi connectivity index (χ0) is 7.61. The van der Waals surface area contributed by atoms with Gasteiger partial charge in [-0.15, -0.1) is 6.58 Å². The standard InChI is InChI=1S/C8H15NO/c1-3-8(2,10)7-5-4-6-9-7/h3,7,9-10H,1,4-6H2,2H3/t7-,8+/m0/s1. The van der Waals surface area contributed by atoms with E-state index in [1.807, 2.05) is 0 Å². The van der Waals surface area contributed by atoms with Crippen LogP contribution >= 0.6 is 0 Å². The molecule has 2 N–H and O–H groups in total. The summed E-state index contributed by atoms with van der Waals surface area (Å²) in [6.07, 6.45) is 3.82. The molecular weight excluding hydrogens is 126 g/mol. The topological polar surface area (TPSA) is 32.3 Å². The normalized spacial score (nSPS) is 31.6. The Morgan fingerprint density at radius 1 is 1.80 bits per heavy atom. The van der Waals surface area contributed by atoms with Crippen molar-refractivity contribution in [2.45, 2.75) is 31.4 Å². The molecule has 1 aliphatic rings. The van der Waals surface area contributed by atoms with Crippen LogP contribution in [-0.2, 0) is 0 Å². The van der Waals surface area contributed by atoms with Gasteiger partial charge in [-0.3, -0.25) is 0 Å². The molecule has 0 spiro atoms. The molecule has 2 nitrogen and oxygen atoms in total. The molecular formula is C8H15NO. The second-order valence-corrected chi connectivity index (χ2v) is 3.08. The summed E-state index contributed by atoms with van der Waals surface area (Å²) in [5, 5.41) is 12.9. The molecule has 0 radical (unpaired) electrons. The Bertz CT molecular complexity index is 125. The van der Waals surface area contributed by atoms with E-state index in [9.17, 15) is 5.11 Å². The van der Waals surface area contributed by atoms with Crippen molar-refractivity contribution >= 4 is 0 Å². The van der Waals surface area contributed by atoms with Crippen LogP contribution in [0.1, 0.15) is 19.8 Å². The van der Waals surface area contributed by atoms with Gasteiger partial charge in [0.2, 0.25) is 0 Å². The predicted molar refractivity (Wildman–Crippen MR) is 41.8 cm³/mol. The average Bonchev–Trinajstić information content (AvgIpc) is 2.38. The second-order valence-electron chi connectivity index (χ2n) is 3.08. The van der Waals surface area contributed by atoms with Crippen LogP contribution in [0.5, 0.6) is 0 Å². The molecule has 10 heavy (non-hydrogen) atoms. The van der Waals surface area contributed by atoms with Gasteiger partial charge in [0.15, 0.2) is 0 Å². The third-order valence-electron chi connectivity index (χ3n) is 2.18. The van der Waals surface area contributed by atoms with Crippen molar-refractivity contribution in [3.8, 4) is 0 Å². The highest BCUT2D eigenvalue weighted by Gasteiger charge is 2.30. The Kier molecular flexibility index (Phi) is 2.11. The summed E-state index contributed by atoms with van der Waals surface area (Å²) in [6.45, 7) is 6.40. The first kappa shape index (κ1) is 7.76. The second kappa shape index (κ2) is 2.72. The molecule has 1 saturated heterocycles. The molecule has 0 aromatic heterocycles. The zero-order valence-corrected chi connectivity index (χ0v) is 6.43. The van der Waals surface area contributed by atoms with Crippen molar-refractivity contribution in [3.63, 3.8) is 0 Å². The van der Waals surface area contributed by atoms with Crippen molar-refractivity contribution in [3.05, 3.63) is 12.7 Å². The summed E-state index contributed by atoms with van der Waals surface area (Å²) in [6, 6.07) is 0.213. The van der Waals surface area contributed by atoms with Gasteiger partial charge in [-0.25, -0.2) is 0 Å². The molecule has 0 amide bonds. The van der Waals surface area contributed by atoms with E-state index in [4.69, 9.17) is 0 Å². The molecule has 0 bridgehead atoms. The van der Waals surface area contributed by atoms with Crippen LogP contribution in [0.3, 0.4) is 0 Å². The fourth-order valence-electron chi connectivity index (χ4n) is 1.33. The van der Waals surface area contributed by atoms with Crippen molar-refractivity contribution in [2.75, 3.05) is 6.54 Å². The third kappa shape index (κ3) is 1.39. The van der Waals surface area contributed by atoms with Crippen LogP contribution in [0.25, 0.3) is 0 Å². The Morgan fingerprint density at radius 3 is 2.90 bits per heavy atom. The summed E-state index contributed by atoms with van der Waals surface area (Å²) >= 11 is 0. The number of nitrogens with one attached hydrogen (secondary N) is 1. The van der Waals surface area contributed by atoms with Gasteiger partial charge in [0.1, 0.15) is 0 Å². The van der Waals surface area contributed by atoms with Crippen molar-refractivity contribution < 1.29 is 5.11 Å². The highest BCUT2D eigenvalue weighted by molar-refractivity contribution is 5.02. The molecule has 1 rings (SSSR count). The molecule has 2 heteroatoms. The van der Waals surface area contributed by atoms with E-state index in [2.05, 4.69) is 11.9 Å². The van der Waals surface area contributed by atoms with Gasteiger partial charge < -0.3 is 10.4 Å². The van der Waals surface area contributed by atoms with Gasteiger partial charge >= 0.3 is 0 Å². The zero-order valence-electron chi connectivity index (χ0n) is 6.43. The summed E-state index contributed by atoms with van der Waals surface area (Å²) in [5.74, 6) is 0. The molecule has 0 unspecified atom stereocenters. The molecule has 58 valence electrons. The number of hydrogen-bond acceptors (Lipinski definition) is 2. The quantitative estimate of drug-likeness (QED) is 0.554. The molecule has 1 fully saturated rings. The summed E-state index contributed by atoms with van der Waals surface area (Å²) in [4.78, 5) is 0. The van der Waals surface area contributed by atoms with Crippen LogP contribution in [-0.4, -0.2) is 23.3 Å². The van der Waals surface area contributed by atoms with Crippen molar-refractivity contribution in [1.29, 1.82) is 0 Å². The Hall–Kier alpha value is -0.340. The number of hydrogen-bond donors (Lipinski definition) is 2. The lowest BCUT2D eigenvalue weighted by molar-refractivity contribution is 0.0747. The Morgan fingerprint density at radius 2 is 2.50 bits per heavy atom. The lowest BCUT2D eigenvalue weighted by Crippen LogP contribution is -2.43. The van der Waals surface area contributed by atoms with E-state index in [0.717, 1.165) is 19.4 Å². The molecule has 2 atom stereocenters. The molecule has 0 saturated carbocycles. The molecule has 0 aromatic carbocycles. The van der Waals surface area contributed by atoms with E-state index < -0.39 is 5.60 Å². The largest absolute Gasteiger partial charge is 0.384 e. The van der Waals surface area contributed by atoms with Gasteiger partial charge in [0, 0.05) is 6.04 Å². The van der Waals surface area contributed by atoms with Crippen LogP contribution in [0.4, 0.5) is 0 Å². The first-order valence-electron chi connectivity index (χ1n) is 3.76. The third-order valence-corrected chi connectivity index (χ3v) is 2.18. The monoisotopic (exact) mass is 141 g/mol. The Balaban J connectivity index is 2.53. The molecule has 0 aromatic rings.